The van der Waals surface area contributed by atoms with E-state index >= 15 is 0 Å². The lowest BCUT2D eigenvalue weighted by Gasteiger charge is -2.38. The van der Waals surface area contributed by atoms with Gasteiger partial charge in [0, 0.05) is 6.54 Å². The first-order chi connectivity index (χ1) is 8.48. The Morgan fingerprint density at radius 1 is 1.39 bits per heavy atom. The molecule has 1 aliphatic carbocycles. The van der Waals surface area contributed by atoms with Crippen molar-refractivity contribution in [3.05, 3.63) is 5.01 Å². The molecular formula is C13H23N3OS. The van der Waals surface area contributed by atoms with E-state index in [-0.39, 0.29) is 0 Å². The summed E-state index contributed by atoms with van der Waals surface area (Å²) in [6.07, 6.45) is 3.82. The van der Waals surface area contributed by atoms with Gasteiger partial charge in [-0.2, -0.15) is 0 Å². The minimum Gasteiger partial charge on any atom is -0.466 e. The van der Waals surface area contributed by atoms with Crippen LogP contribution in [0.4, 0.5) is 0 Å². The largest absolute Gasteiger partial charge is 0.466 e. The molecule has 1 N–H and O–H groups in total. The third kappa shape index (κ3) is 3.65. The standard InChI is InChI=1S/C13H23N3OS/c1-9-5-10(7-13(2,3)6-9)17-12-16-15-11(18-12)8-14-4/h9-10,14H,5-8H2,1-4H3. The number of nitrogens with zero attached hydrogens (tertiary/aromatic N) is 2. The predicted octanol–water partition coefficient (Wildman–Crippen LogP) is 2.85. The average molecular weight is 269 g/mol. The van der Waals surface area contributed by atoms with E-state index in [4.69, 9.17) is 4.74 Å². The van der Waals surface area contributed by atoms with Crippen molar-refractivity contribution in [3.8, 4) is 5.19 Å². The molecule has 1 aromatic rings. The molecule has 0 aliphatic heterocycles. The molecule has 2 atom stereocenters. The SMILES string of the molecule is CNCc1nnc(OC2CC(C)CC(C)(C)C2)s1. The highest BCUT2D eigenvalue weighted by Gasteiger charge is 2.33. The Morgan fingerprint density at radius 2 is 2.17 bits per heavy atom. The van der Waals surface area contributed by atoms with E-state index in [0.717, 1.165) is 35.5 Å². The molecule has 0 aromatic carbocycles. The van der Waals surface area contributed by atoms with Gasteiger partial charge in [0.1, 0.15) is 11.1 Å². The number of ether oxygens (including phenoxy) is 1. The maximum Gasteiger partial charge on any atom is 0.294 e. The molecule has 1 saturated carbocycles. The Bertz CT molecular complexity index is 391. The van der Waals surface area contributed by atoms with E-state index in [1.165, 1.54) is 6.42 Å². The van der Waals surface area contributed by atoms with Crippen LogP contribution in [0.3, 0.4) is 0 Å². The Morgan fingerprint density at radius 3 is 2.83 bits per heavy atom. The number of aromatic nitrogens is 2. The molecule has 1 fully saturated rings. The van der Waals surface area contributed by atoms with Crippen molar-refractivity contribution >= 4 is 11.3 Å². The molecule has 1 aromatic heterocycles. The summed E-state index contributed by atoms with van der Waals surface area (Å²) in [4.78, 5) is 0. The van der Waals surface area contributed by atoms with Crippen LogP contribution in [0, 0.1) is 11.3 Å². The van der Waals surface area contributed by atoms with Gasteiger partial charge < -0.3 is 10.1 Å². The zero-order valence-corrected chi connectivity index (χ0v) is 12.5. The second kappa shape index (κ2) is 5.53. The fourth-order valence-electron chi connectivity index (χ4n) is 3.00. The second-order valence-electron chi connectivity index (χ2n) is 6.15. The summed E-state index contributed by atoms with van der Waals surface area (Å²) in [5, 5.41) is 13.0. The minimum atomic E-state index is 0.291. The van der Waals surface area contributed by atoms with E-state index in [9.17, 15) is 0 Å². The van der Waals surface area contributed by atoms with Crippen LogP contribution in [0.5, 0.6) is 5.19 Å². The first-order valence-electron chi connectivity index (χ1n) is 6.62. The topological polar surface area (TPSA) is 47.0 Å². The molecule has 102 valence electrons. The van der Waals surface area contributed by atoms with Crippen LogP contribution < -0.4 is 10.1 Å². The van der Waals surface area contributed by atoms with Crippen molar-refractivity contribution in [1.82, 2.24) is 15.5 Å². The number of hydrogen-bond donors (Lipinski definition) is 1. The third-order valence-corrected chi connectivity index (χ3v) is 4.20. The van der Waals surface area contributed by atoms with Gasteiger partial charge in [-0.05, 0) is 37.6 Å². The second-order valence-corrected chi connectivity index (χ2v) is 7.17. The first-order valence-corrected chi connectivity index (χ1v) is 7.44. The van der Waals surface area contributed by atoms with E-state index in [1.807, 2.05) is 7.05 Å². The monoisotopic (exact) mass is 269 g/mol. The summed E-state index contributed by atoms with van der Waals surface area (Å²) in [5.74, 6) is 0.725. The van der Waals surface area contributed by atoms with E-state index in [1.54, 1.807) is 11.3 Å². The molecule has 5 heteroatoms. The van der Waals surface area contributed by atoms with Crippen LogP contribution in [0.1, 0.15) is 45.0 Å². The number of hydrogen-bond acceptors (Lipinski definition) is 5. The predicted molar refractivity (Wildman–Crippen MR) is 73.9 cm³/mol. The smallest absolute Gasteiger partial charge is 0.294 e. The van der Waals surface area contributed by atoms with Gasteiger partial charge in [-0.15, -0.1) is 5.10 Å². The van der Waals surface area contributed by atoms with Gasteiger partial charge in [-0.1, -0.05) is 37.2 Å². The Balaban J connectivity index is 1.95. The van der Waals surface area contributed by atoms with Crippen molar-refractivity contribution < 1.29 is 4.74 Å². The van der Waals surface area contributed by atoms with E-state index in [0.29, 0.717) is 11.5 Å². The number of rotatable bonds is 4. The van der Waals surface area contributed by atoms with Gasteiger partial charge in [0.15, 0.2) is 0 Å². The van der Waals surface area contributed by atoms with Crippen molar-refractivity contribution in [2.75, 3.05) is 7.05 Å². The van der Waals surface area contributed by atoms with Crippen molar-refractivity contribution in [3.63, 3.8) is 0 Å². The lowest BCUT2D eigenvalue weighted by Crippen LogP contribution is -2.34. The molecule has 0 amide bonds. The minimum absolute atomic E-state index is 0.291. The van der Waals surface area contributed by atoms with Crippen LogP contribution in [0.25, 0.3) is 0 Å². The summed E-state index contributed by atoms with van der Waals surface area (Å²) < 4.78 is 6.01. The maximum atomic E-state index is 6.01. The Kier molecular flexibility index (Phi) is 4.22. The summed E-state index contributed by atoms with van der Waals surface area (Å²) in [6.45, 7) is 7.72. The first kappa shape index (κ1) is 13.7. The molecular weight excluding hydrogens is 246 g/mol. The Labute approximate surface area is 113 Å². The van der Waals surface area contributed by atoms with Gasteiger partial charge >= 0.3 is 0 Å². The van der Waals surface area contributed by atoms with Gasteiger partial charge in [-0.25, -0.2) is 0 Å². The molecule has 1 heterocycles. The van der Waals surface area contributed by atoms with Crippen molar-refractivity contribution in [2.24, 2.45) is 11.3 Å². The van der Waals surface area contributed by atoms with Crippen LogP contribution in [-0.4, -0.2) is 23.3 Å². The lowest BCUT2D eigenvalue weighted by atomic mass is 9.71. The fourth-order valence-corrected chi connectivity index (χ4v) is 3.76. The molecule has 0 radical (unpaired) electrons. The lowest BCUT2D eigenvalue weighted by molar-refractivity contribution is 0.0556. The molecule has 18 heavy (non-hydrogen) atoms. The molecule has 0 bridgehead atoms. The maximum absolute atomic E-state index is 6.01. The van der Waals surface area contributed by atoms with Gasteiger partial charge in [0.05, 0.1) is 0 Å². The number of nitrogens with one attached hydrogen (secondary N) is 1. The van der Waals surface area contributed by atoms with Crippen molar-refractivity contribution in [1.29, 1.82) is 0 Å². The summed E-state index contributed by atoms with van der Waals surface area (Å²) in [7, 11) is 1.91. The summed E-state index contributed by atoms with van der Waals surface area (Å²) in [6, 6.07) is 0. The quantitative estimate of drug-likeness (QED) is 0.913. The van der Waals surface area contributed by atoms with Crippen LogP contribution in [0.2, 0.25) is 0 Å². The van der Waals surface area contributed by atoms with E-state index < -0.39 is 0 Å². The molecule has 2 rings (SSSR count). The highest BCUT2D eigenvalue weighted by molar-refractivity contribution is 7.13. The average Bonchev–Trinajstić information content (AvgIpc) is 2.62. The molecule has 1 aliphatic rings. The van der Waals surface area contributed by atoms with Gasteiger partial charge in [0.25, 0.3) is 5.19 Å². The zero-order valence-electron chi connectivity index (χ0n) is 11.7. The highest BCUT2D eigenvalue weighted by atomic mass is 32.1. The molecule has 4 nitrogen and oxygen atoms in total. The van der Waals surface area contributed by atoms with E-state index in [2.05, 4.69) is 36.3 Å². The van der Waals surface area contributed by atoms with Gasteiger partial charge in [-0.3, -0.25) is 0 Å². The summed E-state index contributed by atoms with van der Waals surface area (Å²) >= 11 is 1.55. The Hall–Kier alpha value is -0.680. The third-order valence-electron chi connectivity index (χ3n) is 3.39. The zero-order chi connectivity index (χ0) is 13.2. The van der Waals surface area contributed by atoms with Crippen LogP contribution in [-0.2, 0) is 6.54 Å². The van der Waals surface area contributed by atoms with Gasteiger partial charge in [0.2, 0.25) is 0 Å². The van der Waals surface area contributed by atoms with Crippen molar-refractivity contribution in [2.45, 2.75) is 52.7 Å². The van der Waals surface area contributed by atoms with Crippen LogP contribution in [0.15, 0.2) is 0 Å². The fraction of sp³-hybridized carbons (Fsp3) is 0.846. The van der Waals surface area contributed by atoms with Crippen LogP contribution >= 0.6 is 11.3 Å². The summed E-state index contributed by atoms with van der Waals surface area (Å²) in [5.41, 5.74) is 0.376. The molecule has 0 spiro atoms. The molecule has 2 unspecified atom stereocenters. The normalized spacial score (nSPS) is 27.1. The highest BCUT2D eigenvalue weighted by Crippen LogP contribution is 2.40. The molecule has 0 saturated heterocycles.